The molecule has 3 amide bonds. The van der Waals surface area contributed by atoms with E-state index in [9.17, 15) is 14.4 Å². The molecule has 2 N–H and O–H groups in total. The van der Waals surface area contributed by atoms with Crippen LogP contribution in [0, 0.1) is 17.7 Å². The second-order valence-electron chi connectivity index (χ2n) is 12.2. The topological polar surface area (TPSA) is 91.0 Å². The number of nitrogens with zero attached hydrogens (tertiary/aromatic N) is 2. The zero-order valence-corrected chi connectivity index (χ0v) is 24.4. The lowest BCUT2D eigenvalue weighted by Crippen LogP contribution is -2.67. The first-order chi connectivity index (χ1) is 19.6. The highest BCUT2D eigenvalue weighted by Gasteiger charge is 2.49. The Kier molecular flexibility index (Phi) is 8.63. The minimum Gasteiger partial charge on any atom is -0.378 e. The van der Waals surface area contributed by atoms with Gasteiger partial charge in [-0.1, -0.05) is 44.2 Å². The Bertz CT molecular complexity index is 1270. The average molecular weight is 565 g/mol. The molecule has 2 aliphatic heterocycles. The fourth-order valence-electron chi connectivity index (χ4n) is 6.43. The molecule has 41 heavy (non-hydrogen) atoms. The first kappa shape index (κ1) is 29.0. The molecule has 8 nitrogen and oxygen atoms in total. The molecule has 9 heteroatoms. The van der Waals surface area contributed by atoms with Crippen molar-refractivity contribution in [3.05, 3.63) is 65.0 Å². The lowest BCUT2D eigenvalue weighted by molar-refractivity contribution is -0.158. The van der Waals surface area contributed by atoms with Crippen LogP contribution in [0.15, 0.2) is 42.5 Å². The Labute approximate surface area is 241 Å². The number of carbonyl (C=O) groups is 3. The lowest BCUT2D eigenvalue weighted by Gasteiger charge is -2.45. The molecule has 1 aliphatic carbocycles. The summed E-state index contributed by atoms with van der Waals surface area (Å²) in [4.78, 5) is 45.3. The molecule has 2 heterocycles. The van der Waals surface area contributed by atoms with Crippen molar-refractivity contribution in [3.8, 4) is 0 Å². The number of fused-ring (bicyclic) bond motifs is 1. The molecule has 0 saturated carbocycles. The Morgan fingerprint density at radius 2 is 1.71 bits per heavy atom. The summed E-state index contributed by atoms with van der Waals surface area (Å²) in [7, 11) is 0. The lowest BCUT2D eigenvalue weighted by atomic mass is 9.87. The van der Waals surface area contributed by atoms with Crippen molar-refractivity contribution >= 4 is 23.4 Å². The number of carbonyl (C=O) groups excluding carboxylic acids is 3. The number of halogens is 1. The first-order valence-corrected chi connectivity index (χ1v) is 14.8. The van der Waals surface area contributed by atoms with Gasteiger partial charge in [-0.2, -0.15) is 0 Å². The number of anilines is 1. The number of ether oxygens (including phenoxy) is 1. The summed E-state index contributed by atoms with van der Waals surface area (Å²) in [5.41, 5.74) is 3.13. The molecule has 220 valence electrons. The minimum atomic E-state index is -1.15. The van der Waals surface area contributed by atoms with E-state index in [0.29, 0.717) is 56.8 Å². The number of morpholine rings is 1. The van der Waals surface area contributed by atoms with Gasteiger partial charge in [0, 0.05) is 19.1 Å². The van der Waals surface area contributed by atoms with Crippen LogP contribution in [0.1, 0.15) is 56.8 Å². The number of rotatable bonds is 8. The van der Waals surface area contributed by atoms with Crippen LogP contribution >= 0.6 is 0 Å². The van der Waals surface area contributed by atoms with Gasteiger partial charge in [0.15, 0.2) is 0 Å². The van der Waals surface area contributed by atoms with Gasteiger partial charge in [0.25, 0.3) is 0 Å². The van der Waals surface area contributed by atoms with Crippen LogP contribution in [-0.2, 0) is 32.0 Å². The summed E-state index contributed by atoms with van der Waals surface area (Å²) in [6.45, 7) is 9.81. The Morgan fingerprint density at radius 1 is 1.05 bits per heavy atom. The molecule has 0 aromatic heterocycles. The molecule has 1 unspecified atom stereocenters. The van der Waals surface area contributed by atoms with Gasteiger partial charge in [-0.15, -0.1) is 0 Å². The summed E-state index contributed by atoms with van der Waals surface area (Å²) in [5, 5.41) is 5.95. The van der Waals surface area contributed by atoms with Gasteiger partial charge in [-0.05, 0) is 73.8 Å². The number of hydrogen-bond acceptors (Lipinski definition) is 5. The normalized spacial score (nSPS) is 22.2. The average Bonchev–Trinajstić information content (AvgIpc) is 3.36. The summed E-state index contributed by atoms with van der Waals surface area (Å²) in [6.07, 6.45) is 1.72. The summed E-state index contributed by atoms with van der Waals surface area (Å²) < 4.78 is 21.1. The third-order valence-corrected chi connectivity index (χ3v) is 8.30. The number of amides is 3. The fraction of sp³-hybridized carbons (Fsp3) is 0.531. The summed E-state index contributed by atoms with van der Waals surface area (Å²) >= 11 is 0. The van der Waals surface area contributed by atoms with Crippen molar-refractivity contribution in [1.29, 1.82) is 0 Å². The van der Waals surface area contributed by atoms with Crippen molar-refractivity contribution in [2.45, 2.75) is 71.1 Å². The molecule has 2 saturated heterocycles. The number of nitrogens with one attached hydrogen (secondary N) is 2. The van der Waals surface area contributed by atoms with E-state index in [1.54, 1.807) is 12.1 Å². The molecule has 0 bridgehead atoms. The number of piperazine rings is 1. The summed E-state index contributed by atoms with van der Waals surface area (Å²) in [6, 6.07) is 9.82. The zero-order chi connectivity index (χ0) is 29.3. The zero-order valence-electron chi connectivity index (χ0n) is 24.4. The van der Waals surface area contributed by atoms with Crippen molar-refractivity contribution in [3.63, 3.8) is 0 Å². The van der Waals surface area contributed by atoms with Crippen LogP contribution in [0.4, 0.5) is 10.1 Å². The monoisotopic (exact) mass is 564 g/mol. The Balaban J connectivity index is 1.53. The largest absolute Gasteiger partial charge is 0.378 e. The quantitative estimate of drug-likeness (QED) is 0.513. The van der Waals surface area contributed by atoms with E-state index in [1.165, 1.54) is 22.1 Å². The SMILES string of the molecule is CC(C)C[C@@H]1C(=O)NC(C2Cc3ccccc3C2)C(=O)N1[C@@H](C(=O)NC(C)C)c1ccc(N2CCOCC2)c(F)c1. The maximum atomic E-state index is 15.6. The van der Waals surface area contributed by atoms with E-state index < -0.39 is 29.8 Å². The smallest absolute Gasteiger partial charge is 0.247 e. The van der Waals surface area contributed by atoms with Crippen LogP contribution in [-0.4, -0.2) is 67.1 Å². The predicted octanol–water partition coefficient (Wildman–Crippen LogP) is 3.38. The first-order valence-electron chi connectivity index (χ1n) is 14.8. The van der Waals surface area contributed by atoms with Crippen LogP contribution in [0.3, 0.4) is 0 Å². The molecular weight excluding hydrogens is 523 g/mol. The second kappa shape index (κ2) is 12.2. The van der Waals surface area contributed by atoms with E-state index >= 15 is 4.39 Å². The van der Waals surface area contributed by atoms with Crippen molar-refractivity contribution < 1.29 is 23.5 Å². The van der Waals surface area contributed by atoms with Crippen molar-refractivity contribution in [1.82, 2.24) is 15.5 Å². The Morgan fingerprint density at radius 3 is 2.29 bits per heavy atom. The van der Waals surface area contributed by atoms with Crippen LogP contribution in [0.25, 0.3) is 0 Å². The molecular formula is C32H41FN4O4. The molecule has 0 spiro atoms. The third-order valence-electron chi connectivity index (χ3n) is 8.30. The highest BCUT2D eigenvalue weighted by Crippen LogP contribution is 2.36. The van der Waals surface area contributed by atoms with Crippen molar-refractivity contribution in [2.24, 2.45) is 11.8 Å². The maximum absolute atomic E-state index is 15.6. The van der Waals surface area contributed by atoms with Gasteiger partial charge >= 0.3 is 0 Å². The second-order valence-corrected chi connectivity index (χ2v) is 12.2. The number of hydrogen-bond donors (Lipinski definition) is 2. The van der Waals surface area contributed by atoms with Gasteiger partial charge < -0.3 is 25.2 Å². The van der Waals surface area contributed by atoms with Gasteiger partial charge in [0.2, 0.25) is 17.7 Å². The molecule has 3 aliphatic rings. The van der Waals surface area contributed by atoms with E-state index in [2.05, 4.69) is 22.8 Å². The van der Waals surface area contributed by atoms with Crippen LogP contribution in [0.2, 0.25) is 0 Å². The van der Waals surface area contributed by atoms with Gasteiger partial charge in [-0.25, -0.2) is 4.39 Å². The minimum absolute atomic E-state index is 0.0857. The standard InChI is InChI=1S/C32H41FN4O4/c1-19(2)15-27-30(38)35-28(24-16-21-7-5-6-8-22(21)17-24)32(40)37(27)29(31(39)34-20(3)4)23-9-10-26(25(33)18-23)36-11-13-41-14-12-36/h5-10,18-20,24,27-29H,11-17H2,1-4H3,(H,34,39)(H,35,38)/t27-,28?,29-/m1/s1. The molecule has 2 aromatic carbocycles. The Hall–Kier alpha value is -3.46. The molecule has 2 fully saturated rings. The third kappa shape index (κ3) is 6.10. The van der Waals surface area contributed by atoms with E-state index in [4.69, 9.17) is 4.74 Å². The fourth-order valence-corrected chi connectivity index (χ4v) is 6.43. The predicted molar refractivity (Wildman–Crippen MR) is 155 cm³/mol. The van der Waals surface area contributed by atoms with Gasteiger partial charge in [0.1, 0.15) is 23.9 Å². The molecule has 5 rings (SSSR count). The van der Waals surface area contributed by atoms with Gasteiger partial charge in [0.05, 0.1) is 18.9 Å². The van der Waals surface area contributed by atoms with Crippen molar-refractivity contribution in [2.75, 3.05) is 31.2 Å². The molecule has 2 aromatic rings. The molecule has 3 atom stereocenters. The van der Waals surface area contributed by atoms with E-state index in [0.717, 1.165) is 0 Å². The van der Waals surface area contributed by atoms with Crippen LogP contribution in [0.5, 0.6) is 0 Å². The highest BCUT2D eigenvalue weighted by molar-refractivity contribution is 6.00. The maximum Gasteiger partial charge on any atom is 0.247 e. The van der Waals surface area contributed by atoms with Crippen LogP contribution < -0.4 is 15.5 Å². The van der Waals surface area contributed by atoms with E-state index in [1.807, 2.05) is 44.7 Å². The van der Waals surface area contributed by atoms with Gasteiger partial charge in [-0.3, -0.25) is 14.4 Å². The molecule has 0 radical (unpaired) electrons. The summed E-state index contributed by atoms with van der Waals surface area (Å²) in [5.74, 6) is -1.50. The van der Waals surface area contributed by atoms with E-state index in [-0.39, 0.29) is 29.7 Å². The number of benzene rings is 2. The highest BCUT2D eigenvalue weighted by atomic mass is 19.1.